The first kappa shape index (κ1) is 64.2. The lowest BCUT2D eigenvalue weighted by molar-refractivity contribution is 0.0860. The predicted octanol–water partition coefficient (Wildman–Crippen LogP) is 19.2. The molecule has 6 aromatic carbocycles. The summed E-state index contributed by atoms with van der Waals surface area (Å²) in [6.45, 7) is 8.79. The summed E-state index contributed by atoms with van der Waals surface area (Å²) in [5.74, 6) is -2.73. The SMILES string of the molecule is CCCCCCC1c2cc3c4cc2Oc2nc5c(nc2Oc2cc6c(cc21)C(CCCCCC)c1cc2c(cc1Oc1nc7ccccc7nc1O6)Oc1nc6ccccc6nc1Oc1cc(c(cc1C2CCCCCC)C3CCCCCC)Oc1nc2c(nc1O4)C(=O)NC2=O)C(=O)NC5=O. The van der Waals surface area contributed by atoms with Crippen LogP contribution in [0, 0.1) is 0 Å². The molecule has 1 aliphatic carbocycles. The minimum atomic E-state index is -0.756. The highest BCUT2D eigenvalue weighted by Gasteiger charge is 2.42. The van der Waals surface area contributed by atoms with Gasteiger partial charge in [0.2, 0.25) is 0 Å². The third-order valence-corrected chi connectivity index (χ3v) is 20.6. The average Bonchev–Trinajstić information content (AvgIpc) is 1.47. The molecular weight excluding hydrogens is 1290 g/mol. The Balaban J connectivity index is 1.05. The van der Waals surface area contributed by atoms with E-state index in [0.29, 0.717) is 93.4 Å². The predicted molar refractivity (Wildman–Crippen MR) is 376 cm³/mol. The van der Waals surface area contributed by atoms with E-state index in [9.17, 15) is 19.2 Å². The normalized spacial score (nSPS) is 17.3. The first-order valence-corrected chi connectivity index (χ1v) is 36.2. The molecule has 22 nitrogen and oxygen atoms in total. The van der Waals surface area contributed by atoms with Gasteiger partial charge in [-0.2, -0.15) is 0 Å². The largest absolute Gasteiger partial charge is 0.434 e. The highest BCUT2D eigenvalue weighted by Crippen LogP contribution is 2.59. The van der Waals surface area contributed by atoms with Gasteiger partial charge in [0.15, 0.2) is 22.8 Å². The highest BCUT2D eigenvalue weighted by molar-refractivity contribution is 6.20. The van der Waals surface area contributed by atoms with Crippen molar-refractivity contribution in [1.29, 1.82) is 0 Å². The lowest BCUT2D eigenvalue weighted by Gasteiger charge is -2.30. The summed E-state index contributed by atoms with van der Waals surface area (Å²) in [6, 6.07) is 31.5. The number of carbonyl (C=O) groups is 4. The molecule has 2 N–H and O–H groups in total. The van der Waals surface area contributed by atoms with Gasteiger partial charge in [-0.05, 0) is 74.2 Å². The summed E-state index contributed by atoms with van der Waals surface area (Å²) in [6.07, 6.45) is 17.2. The van der Waals surface area contributed by atoms with Gasteiger partial charge in [-0.1, -0.05) is 155 Å². The lowest BCUT2D eigenvalue weighted by atomic mass is 9.76. The number of ether oxygens (including phenoxy) is 8. The second kappa shape index (κ2) is 26.7. The van der Waals surface area contributed by atoms with E-state index >= 15 is 0 Å². The Hall–Kier alpha value is -11.2. The number of fused-ring (bicyclic) bond motifs is 8. The highest BCUT2D eigenvalue weighted by atomic mass is 16.6. The molecule has 4 unspecified atom stereocenters. The number of para-hydroxylation sites is 4. The van der Waals surface area contributed by atoms with Gasteiger partial charge in [-0.15, -0.1) is 0 Å². The van der Waals surface area contributed by atoms with Gasteiger partial charge in [0, 0.05) is 92.4 Å². The summed E-state index contributed by atoms with van der Waals surface area (Å²) in [7, 11) is 0. The number of hydrogen-bond acceptors (Lipinski definition) is 20. The minimum Gasteiger partial charge on any atom is -0.434 e. The summed E-state index contributed by atoms with van der Waals surface area (Å²) < 4.78 is 58.5. The Labute approximate surface area is 587 Å². The molecule has 102 heavy (non-hydrogen) atoms. The third kappa shape index (κ3) is 11.6. The molecule has 4 atom stereocenters. The van der Waals surface area contributed by atoms with Crippen molar-refractivity contribution in [3.63, 3.8) is 0 Å². The number of imide groups is 2. The summed E-state index contributed by atoms with van der Waals surface area (Å²) in [4.78, 5) is 94.9. The fourth-order valence-corrected chi connectivity index (χ4v) is 15.5. The van der Waals surface area contributed by atoms with Gasteiger partial charge in [0.05, 0.1) is 22.1 Å². The van der Waals surface area contributed by atoms with E-state index in [1.807, 2.05) is 66.7 Å². The number of amides is 4. The molecule has 4 aromatic heterocycles. The van der Waals surface area contributed by atoms with Gasteiger partial charge in [-0.25, -0.2) is 39.9 Å². The van der Waals surface area contributed by atoms with Crippen molar-refractivity contribution in [2.45, 2.75) is 180 Å². The molecule has 17 rings (SSSR count). The molecule has 7 aliphatic rings. The number of nitrogens with one attached hydrogen (secondary N) is 2. The third-order valence-electron chi connectivity index (χ3n) is 20.6. The zero-order chi connectivity index (χ0) is 69.3. The lowest BCUT2D eigenvalue weighted by Crippen LogP contribution is -2.20. The molecule has 0 spiro atoms. The molecule has 10 heterocycles. The molecule has 10 aromatic rings. The molecule has 0 saturated heterocycles. The number of aromatic nitrogens is 8. The van der Waals surface area contributed by atoms with Crippen LogP contribution in [0.3, 0.4) is 0 Å². The van der Waals surface area contributed by atoms with E-state index in [2.05, 4.69) is 62.6 Å². The second-order valence-electron chi connectivity index (χ2n) is 27.4. The number of unbranched alkanes of at least 4 members (excludes halogenated alkanes) is 12. The van der Waals surface area contributed by atoms with Crippen molar-refractivity contribution >= 4 is 45.7 Å². The molecule has 6 aliphatic heterocycles. The van der Waals surface area contributed by atoms with Crippen LogP contribution in [0.15, 0.2) is 97.1 Å². The molecule has 516 valence electrons. The van der Waals surface area contributed by atoms with Gasteiger partial charge in [0.25, 0.3) is 70.7 Å². The quantitative estimate of drug-likeness (QED) is 0.0530. The minimum absolute atomic E-state index is 0.0836. The van der Waals surface area contributed by atoms with Crippen LogP contribution in [-0.2, 0) is 0 Å². The van der Waals surface area contributed by atoms with E-state index < -0.39 is 47.3 Å². The van der Waals surface area contributed by atoms with Gasteiger partial charge in [-0.3, -0.25) is 29.8 Å². The van der Waals surface area contributed by atoms with Gasteiger partial charge in [0.1, 0.15) is 46.0 Å². The van der Waals surface area contributed by atoms with Crippen LogP contribution in [-0.4, -0.2) is 63.5 Å². The fourth-order valence-electron chi connectivity index (χ4n) is 15.5. The monoisotopic (exact) mass is 1370 g/mol. The van der Waals surface area contributed by atoms with Crippen LogP contribution < -0.4 is 48.5 Å². The van der Waals surface area contributed by atoms with Crippen molar-refractivity contribution in [2.75, 3.05) is 0 Å². The van der Waals surface area contributed by atoms with E-state index in [-0.39, 0.29) is 81.3 Å². The van der Waals surface area contributed by atoms with Crippen LogP contribution in [0.2, 0.25) is 0 Å². The summed E-state index contributed by atoms with van der Waals surface area (Å²) in [5, 5.41) is 4.71. The number of nitrogens with zero attached hydrogens (tertiary/aromatic N) is 8. The first-order valence-electron chi connectivity index (χ1n) is 36.2. The zero-order valence-electron chi connectivity index (χ0n) is 57.2. The summed E-state index contributed by atoms with van der Waals surface area (Å²) in [5.41, 5.74) is 7.49. The molecule has 0 radical (unpaired) electrons. The first-order chi connectivity index (χ1) is 50.0. The molecule has 22 heteroatoms. The Morgan fingerprint density at radius 1 is 0.265 bits per heavy atom. The van der Waals surface area contributed by atoms with Crippen molar-refractivity contribution in [2.24, 2.45) is 0 Å². The Bertz CT molecular complexity index is 4830. The molecule has 0 fully saturated rings. The average molecular weight is 1370 g/mol. The maximum atomic E-state index is 13.7. The fraction of sp³-hybridized carbons (Fsp3) is 0.350. The number of benzene rings is 6. The Morgan fingerprint density at radius 2 is 0.461 bits per heavy atom. The van der Waals surface area contributed by atoms with Crippen LogP contribution >= 0.6 is 0 Å². The Kier molecular flexibility index (Phi) is 16.8. The molecule has 0 saturated carbocycles. The van der Waals surface area contributed by atoms with Crippen molar-refractivity contribution < 1.29 is 57.1 Å². The topological polar surface area (TPSA) is 269 Å². The maximum absolute atomic E-state index is 13.7. The van der Waals surface area contributed by atoms with Crippen molar-refractivity contribution in [3.05, 3.63) is 164 Å². The van der Waals surface area contributed by atoms with Crippen LogP contribution in [0.1, 0.15) is 266 Å². The van der Waals surface area contributed by atoms with Crippen LogP contribution in [0.25, 0.3) is 22.1 Å². The standard InChI is InChI=1S/C80H74N10O12/c1-5-9-13-17-25-41-45-33-46-42(26-18-14-10-6-2)48-35-50-44(28-20-16-12-8-4)52-36-51-43(27-19-15-11-7-3)49-34-47(41)59-38-61(49)99-77-79(87-67-65(85-77)69(91)89-71(67)93)101-63(51)40-64(52)102-80-78(86-66-68(88-80)72(94)90-70(66)92)100-62(50)39-60(48)98-76-74(82-54-30-22-24-32-56(54)84-76)96-58(46)37-57(45)95-73-75(97-59)83-55-31-23-21-29-53(55)81-73/h21-24,29-44H,5-20,25-28H2,1-4H3,(H,89,91,93)(H,90,92,94). The maximum Gasteiger partial charge on any atom is 0.284 e. The van der Waals surface area contributed by atoms with Crippen LogP contribution in [0.4, 0.5) is 0 Å². The zero-order valence-corrected chi connectivity index (χ0v) is 57.2. The van der Waals surface area contributed by atoms with E-state index in [1.54, 1.807) is 6.07 Å². The smallest absolute Gasteiger partial charge is 0.284 e. The number of carbonyl (C=O) groups excluding carboxylic acids is 4. The Morgan fingerprint density at radius 3 is 0.657 bits per heavy atom. The van der Waals surface area contributed by atoms with Gasteiger partial charge >= 0.3 is 0 Å². The van der Waals surface area contributed by atoms with Crippen molar-refractivity contribution in [3.8, 4) is 93.0 Å². The number of hydrogen-bond donors (Lipinski definition) is 2. The van der Waals surface area contributed by atoms with Gasteiger partial charge < -0.3 is 37.9 Å². The van der Waals surface area contributed by atoms with Crippen LogP contribution in [0.5, 0.6) is 93.0 Å². The molecule has 8 bridgehead atoms. The molecule has 4 amide bonds. The molecular formula is C80H74N10O12. The summed E-state index contributed by atoms with van der Waals surface area (Å²) >= 11 is 0. The number of rotatable bonds is 20. The van der Waals surface area contributed by atoms with E-state index in [4.69, 9.17) is 77.8 Å². The van der Waals surface area contributed by atoms with E-state index in [1.165, 1.54) is 0 Å². The van der Waals surface area contributed by atoms with Crippen molar-refractivity contribution in [1.82, 2.24) is 50.5 Å². The second-order valence-corrected chi connectivity index (χ2v) is 27.4. The van der Waals surface area contributed by atoms with E-state index in [0.717, 1.165) is 136 Å².